The summed E-state index contributed by atoms with van der Waals surface area (Å²) in [6, 6.07) is 8.36. The molecule has 1 aromatic carbocycles. The molecule has 2 amide bonds. The number of carboxylic acid groups (broad SMARTS) is 1. The molecule has 1 aromatic rings. The molecule has 6 nitrogen and oxygen atoms in total. The van der Waals surface area contributed by atoms with E-state index in [-0.39, 0.29) is 13.0 Å². The molecule has 0 saturated carbocycles. The average molecular weight is 294 g/mol. The van der Waals surface area contributed by atoms with Gasteiger partial charge < -0.3 is 20.8 Å². The Bertz CT molecular complexity index is 450. The molecule has 0 heterocycles. The number of aliphatic hydroxyl groups excluding tert-OH is 1. The smallest absolute Gasteiger partial charge is 0.326 e. The van der Waals surface area contributed by atoms with Crippen LogP contribution in [-0.4, -0.2) is 41.4 Å². The first-order chi connectivity index (χ1) is 10.0. The molecule has 1 rings (SSSR count). The highest BCUT2D eigenvalue weighted by atomic mass is 16.4. The van der Waals surface area contributed by atoms with Crippen molar-refractivity contribution in [3.63, 3.8) is 0 Å². The number of benzene rings is 1. The van der Waals surface area contributed by atoms with Gasteiger partial charge in [0, 0.05) is 19.6 Å². The first-order valence-electron chi connectivity index (χ1n) is 6.97. The summed E-state index contributed by atoms with van der Waals surface area (Å²) in [5.74, 6) is -0.851. The van der Waals surface area contributed by atoms with Crippen LogP contribution in [0.25, 0.3) is 0 Å². The zero-order valence-electron chi connectivity index (χ0n) is 12.1. The van der Waals surface area contributed by atoms with Gasteiger partial charge in [-0.1, -0.05) is 37.3 Å². The first kappa shape index (κ1) is 17.0. The number of amides is 2. The molecule has 116 valence electrons. The second kappa shape index (κ2) is 8.97. The van der Waals surface area contributed by atoms with Crippen LogP contribution < -0.4 is 10.6 Å². The van der Waals surface area contributed by atoms with Crippen LogP contribution >= 0.6 is 0 Å². The molecule has 4 N–H and O–H groups in total. The van der Waals surface area contributed by atoms with Crippen molar-refractivity contribution in [2.75, 3.05) is 13.2 Å². The Labute approximate surface area is 124 Å². The number of urea groups is 1. The molecule has 21 heavy (non-hydrogen) atoms. The van der Waals surface area contributed by atoms with E-state index in [1.807, 2.05) is 30.3 Å². The van der Waals surface area contributed by atoms with E-state index in [4.69, 9.17) is 10.2 Å². The lowest BCUT2D eigenvalue weighted by Crippen LogP contribution is -2.46. The van der Waals surface area contributed by atoms with Crippen molar-refractivity contribution in [2.24, 2.45) is 0 Å². The van der Waals surface area contributed by atoms with Gasteiger partial charge in [0.1, 0.15) is 6.04 Å². The standard InChI is InChI=1S/C15H22N2O4/c1-11(12-5-3-2-4-6-12)7-9-16-15(21)17-13(8-10-18)14(19)20/h2-6,11,13,18H,7-10H2,1H3,(H,19,20)(H2,16,17,21)/t11?,13-/m0/s1. The monoisotopic (exact) mass is 294 g/mol. The minimum atomic E-state index is -1.16. The van der Waals surface area contributed by atoms with Gasteiger partial charge in [0.15, 0.2) is 0 Å². The van der Waals surface area contributed by atoms with Crippen LogP contribution in [0.3, 0.4) is 0 Å². The van der Waals surface area contributed by atoms with E-state index in [0.717, 1.165) is 6.42 Å². The SMILES string of the molecule is CC(CCNC(=O)N[C@@H](CCO)C(=O)O)c1ccccc1. The number of aliphatic carboxylic acids is 1. The largest absolute Gasteiger partial charge is 0.480 e. The fraction of sp³-hybridized carbons (Fsp3) is 0.467. The van der Waals surface area contributed by atoms with Crippen LogP contribution in [0.5, 0.6) is 0 Å². The second-order valence-corrected chi connectivity index (χ2v) is 4.90. The molecule has 0 fully saturated rings. The molecular formula is C15H22N2O4. The van der Waals surface area contributed by atoms with E-state index in [9.17, 15) is 9.59 Å². The van der Waals surface area contributed by atoms with Gasteiger partial charge in [-0.3, -0.25) is 0 Å². The number of carbonyl (C=O) groups is 2. The van der Waals surface area contributed by atoms with Gasteiger partial charge in [-0.2, -0.15) is 0 Å². The number of rotatable bonds is 8. The predicted molar refractivity (Wildman–Crippen MR) is 79.1 cm³/mol. The van der Waals surface area contributed by atoms with E-state index in [1.54, 1.807) is 0 Å². The molecule has 6 heteroatoms. The maximum Gasteiger partial charge on any atom is 0.326 e. The van der Waals surface area contributed by atoms with Crippen molar-refractivity contribution in [3.05, 3.63) is 35.9 Å². The molecule has 0 radical (unpaired) electrons. The Balaban J connectivity index is 2.31. The number of carboxylic acids is 1. The van der Waals surface area contributed by atoms with Crippen LogP contribution in [0, 0.1) is 0 Å². The summed E-state index contributed by atoms with van der Waals surface area (Å²) in [6.07, 6.45) is 0.748. The van der Waals surface area contributed by atoms with Gasteiger partial charge in [-0.25, -0.2) is 9.59 Å². The van der Waals surface area contributed by atoms with Crippen LogP contribution in [0.2, 0.25) is 0 Å². The van der Waals surface area contributed by atoms with Crippen molar-refractivity contribution >= 4 is 12.0 Å². The molecule has 0 spiro atoms. The molecule has 0 aliphatic rings. The minimum Gasteiger partial charge on any atom is -0.480 e. The maximum atomic E-state index is 11.6. The van der Waals surface area contributed by atoms with E-state index >= 15 is 0 Å². The summed E-state index contributed by atoms with van der Waals surface area (Å²) >= 11 is 0. The number of carbonyl (C=O) groups excluding carboxylic acids is 1. The fourth-order valence-electron chi connectivity index (χ4n) is 1.95. The average Bonchev–Trinajstić information content (AvgIpc) is 2.47. The van der Waals surface area contributed by atoms with Gasteiger partial charge in [0.2, 0.25) is 0 Å². The van der Waals surface area contributed by atoms with Crippen molar-refractivity contribution in [1.29, 1.82) is 0 Å². The minimum absolute atomic E-state index is 0.0107. The Morgan fingerprint density at radius 3 is 2.43 bits per heavy atom. The quantitative estimate of drug-likeness (QED) is 0.581. The predicted octanol–water partition coefficient (Wildman–Crippen LogP) is 1.31. The summed E-state index contributed by atoms with van der Waals surface area (Å²) in [6.45, 7) is 2.23. The Kier molecular flexibility index (Phi) is 7.25. The van der Waals surface area contributed by atoms with Gasteiger partial charge in [-0.05, 0) is 17.9 Å². The number of nitrogens with one attached hydrogen (secondary N) is 2. The molecule has 0 bridgehead atoms. The third-order valence-corrected chi connectivity index (χ3v) is 3.25. The summed E-state index contributed by atoms with van der Waals surface area (Å²) in [7, 11) is 0. The topological polar surface area (TPSA) is 98.7 Å². The van der Waals surface area contributed by atoms with E-state index in [0.29, 0.717) is 12.5 Å². The molecule has 0 aliphatic heterocycles. The number of aliphatic hydroxyl groups is 1. The number of hydrogen-bond acceptors (Lipinski definition) is 3. The molecule has 0 saturated heterocycles. The maximum absolute atomic E-state index is 11.6. The summed E-state index contributed by atoms with van der Waals surface area (Å²) in [4.78, 5) is 22.4. The highest BCUT2D eigenvalue weighted by Gasteiger charge is 2.18. The van der Waals surface area contributed by atoms with Gasteiger partial charge in [0.05, 0.1) is 0 Å². The third-order valence-electron chi connectivity index (χ3n) is 3.25. The fourth-order valence-corrected chi connectivity index (χ4v) is 1.95. The lowest BCUT2D eigenvalue weighted by Gasteiger charge is -2.15. The van der Waals surface area contributed by atoms with E-state index in [1.165, 1.54) is 5.56 Å². The Hall–Kier alpha value is -2.08. The molecule has 0 aromatic heterocycles. The third kappa shape index (κ3) is 6.27. The lowest BCUT2D eigenvalue weighted by atomic mass is 9.98. The highest BCUT2D eigenvalue weighted by molar-refractivity contribution is 5.82. The first-order valence-corrected chi connectivity index (χ1v) is 6.97. The normalized spacial score (nSPS) is 13.2. The van der Waals surface area contributed by atoms with Crippen molar-refractivity contribution in [1.82, 2.24) is 10.6 Å². The van der Waals surface area contributed by atoms with Gasteiger partial charge >= 0.3 is 12.0 Å². The van der Waals surface area contributed by atoms with Crippen LogP contribution in [0.15, 0.2) is 30.3 Å². The summed E-state index contributed by atoms with van der Waals surface area (Å²) < 4.78 is 0. The van der Waals surface area contributed by atoms with Crippen LogP contribution in [0.4, 0.5) is 4.79 Å². The zero-order valence-corrected chi connectivity index (χ0v) is 12.1. The number of hydrogen-bond donors (Lipinski definition) is 4. The molecule has 0 aliphatic carbocycles. The summed E-state index contributed by atoms with van der Waals surface area (Å²) in [5, 5.41) is 22.6. The molecule has 2 atom stereocenters. The van der Waals surface area contributed by atoms with E-state index < -0.39 is 18.0 Å². The molecular weight excluding hydrogens is 272 g/mol. The van der Waals surface area contributed by atoms with Crippen LogP contribution in [0.1, 0.15) is 31.2 Å². The molecule has 1 unspecified atom stereocenters. The van der Waals surface area contributed by atoms with Crippen molar-refractivity contribution in [2.45, 2.75) is 31.7 Å². The van der Waals surface area contributed by atoms with Crippen LogP contribution in [-0.2, 0) is 4.79 Å². The summed E-state index contributed by atoms with van der Waals surface area (Å²) in [5.41, 5.74) is 1.20. The van der Waals surface area contributed by atoms with Gasteiger partial charge in [-0.15, -0.1) is 0 Å². The van der Waals surface area contributed by atoms with E-state index in [2.05, 4.69) is 17.6 Å². The van der Waals surface area contributed by atoms with Crippen molar-refractivity contribution in [3.8, 4) is 0 Å². The van der Waals surface area contributed by atoms with Crippen molar-refractivity contribution < 1.29 is 19.8 Å². The lowest BCUT2D eigenvalue weighted by molar-refractivity contribution is -0.139. The second-order valence-electron chi connectivity index (χ2n) is 4.90. The Morgan fingerprint density at radius 1 is 1.19 bits per heavy atom. The highest BCUT2D eigenvalue weighted by Crippen LogP contribution is 2.17. The zero-order chi connectivity index (χ0) is 15.7. The Morgan fingerprint density at radius 2 is 1.86 bits per heavy atom. The van der Waals surface area contributed by atoms with Gasteiger partial charge in [0.25, 0.3) is 0 Å².